The number of nitrogens with one attached hydrogen (secondary N) is 2. The zero-order chi connectivity index (χ0) is 15.2. The lowest BCUT2D eigenvalue weighted by Crippen LogP contribution is -2.13. The van der Waals surface area contributed by atoms with Gasteiger partial charge in [0.25, 0.3) is 5.91 Å². The number of hydrogen-bond acceptors (Lipinski definition) is 3. The number of aryl methyl sites for hydroxylation is 2. The van der Waals surface area contributed by atoms with E-state index in [2.05, 4.69) is 22.5 Å². The zero-order valence-corrected chi connectivity index (χ0v) is 12.7. The number of carbonyl (C=O) groups excluding carboxylic acids is 1. The summed E-state index contributed by atoms with van der Waals surface area (Å²) in [6.07, 6.45) is 2.80. The molecule has 0 fully saturated rings. The van der Waals surface area contributed by atoms with Crippen LogP contribution in [0.2, 0.25) is 0 Å². The summed E-state index contributed by atoms with van der Waals surface area (Å²) in [7, 11) is 0. The van der Waals surface area contributed by atoms with Gasteiger partial charge in [-0.2, -0.15) is 0 Å². The van der Waals surface area contributed by atoms with Crippen LogP contribution in [0.3, 0.4) is 0 Å². The standard InChI is InChI=1S/C17H21N3O/c1-4-9-18-15-7-6-14(10-13(15)3)17(21)20-16-8-5-12(2)11-19-16/h5-8,10-11,18H,4,9H2,1-3H3,(H,19,20,21). The minimum absolute atomic E-state index is 0.142. The molecule has 4 nitrogen and oxygen atoms in total. The van der Waals surface area contributed by atoms with Crippen LogP contribution in [0.15, 0.2) is 36.5 Å². The highest BCUT2D eigenvalue weighted by Crippen LogP contribution is 2.17. The van der Waals surface area contributed by atoms with Gasteiger partial charge in [-0.3, -0.25) is 4.79 Å². The van der Waals surface area contributed by atoms with E-state index in [0.29, 0.717) is 11.4 Å². The molecule has 1 amide bonds. The normalized spacial score (nSPS) is 10.2. The van der Waals surface area contributed by atoms with E-state index < -0.39 is 0 Å². The van der Waals surface area contributed by atoms with Crippen LogP contribution in [-0.2, 0) is 0 Å². The molecule has 0 saturated heterocycles. The van der Waals surface area contributed by atoms with Gasteiger partial charge in [-0.05, 0) is 55.7 Å². The molecule has 0 bridgehead atoms. The Labute approximate surface area is 125 Å². The number of carbonyl (C=O) groups is 1. The van der Waals surface area contributed by atoms with Crippen molar-refractivity contribution in [2.75, 3.05) is 17.2 Å². The van der Waals surface area contributed by atoms with Crippen molar-refractivity contribution in [3.05, 3.63) is 53.2 Å². The monoisotopic (exact) mass is 283 g/mol. The number of benzene rings is 1. The van der Waals surface area contributed by atoms with E-state index in [1.54, 1.807) is 12.3 Å². The summed E-state index contributed by atoms with van der Waals surface area (Å²) < 4.78 is 0. The zero-order valence-electron chi connectivity index (χ0n) is 12.7. The van der Waals surface area contributed by atoms with Gasteiger partial charge in [-0.1, -0.05) is 13.0 Å². The molecule has 1 aromatic heterocycles. The fourth-order valence-electron chi connectivity index (χ4n) is 1.99. The van der Waals surface area contributed by atoms with Gasteiger partial charge < -0.3 is 10.6 Å². The van der Waals surface area contributed by atoms with Gasteiger partial charge in [-0.25, -0.2) is 4.98 Å². The summed E-state index contributed by atoms with van der Waals surface area (Å²) in [4.78, 5) is 16.4. The van der Waals surface area contributed by atoms with Crippen LogP contribution in [0.5, 0.6) is 0 Å². The molecular weight excluding hydrogens is 262 g/mol. The van der Waals surface area contributed by atoms with E-state index in [1.807, 2.05) is 38.1 Å². The third-order valence-corrected chi connectivity index (χ3v) is 3.21. The second-order valence-corrected chi connectivity index (χ2v) is 5.13. The molecule has 0 aliphatic carbocycles. The fraction of sp³-hybridized carbons (Fsp3) is 0.294. The van der Waals surface area contributed by atoms with Crippen molar-refractivity contribution in [3.8, 4) is 0 Å². The number of aromatic nitrogens is 1. The minimum atomic E-state index is -0.142. The Balaban J connectivity index is 2.08. The molecule has 0 aliphatic rings. The Hall–Kier alpha value is -2.36. The average Bonchev–Trinajstić information content (AvgIpc) is 2.48. The highest BCUT2D eigenvalue weighted by molar-refractivity contribution is 6.04. The molecule has 0 aliphatic heterocycles. The maximum atomic E-state index is 12.2. The van der Waals surface area contributed by atoms with E-state index in [0.717, 1.165) is 29.8 Å². The second kappa shape index (κ2) is 6.88. The van der Waals surface area contributed by atoms with E-state index >= 15 is 0 Å². The van der Waals surface area contributed by atoms with Crippen LogP contribution in [-0.4, -0.2) is 17.4 Å². The molecule has 1 aromatic carbocycles. The van der Waals surface area contributed by atoms with Crippen LogP contribution < -0.4 is 10.6 Å². The van der Waals surface area contributed by atoms with Crippen molar-refractivity contribution in [2.24, 2.45) is 0 Å². The molecule has 1 heterocycles. The molecule has 0 spiro atoms. The Bertz CT molecular complexity index is 620. The van der Waals surface area contributed by atoms with Crippen molar-refractivity contribution in [1.29, 1.82) is 0 Å². The van der Waals surface area contributed by atoms with Crippen LogP contribution in [0, 0.1) is 13.8 Å². The van der Waals surface area contributed by atoms with Crippen molar-refractivity contribution >= 4 is 17.4 Å². The second-order valence-electron chi connectivity index (χ2n) is 5.13. The van der Waals surface area contributed by atoms with Gasteiger partial charge in [0.15, 0.2) is 0 Å². The summed E-state index contributed by atoms with van der Waals surface area (Å²) >= 11 is 0. The van der Waals surface area contributed by atoms with Gasteiger partial charge in [0, 0.05) is 24.0 Å². The highest BCUT2D eigenvalue weighted by atomic mass is 16.1. The third-order valence-electron chi connectivity index (χ3n) is 3.21. The van der Waals surface area contributed by atoms with Crippen LogP contribution in [0.4, 0.5) is 11.5 Å². The Morgan fingerprint density at radius 2 is 2.00 bits per heavy atom. The Morgan fingerprint density at radius 1 is 1.19 bits per heavy atom. The van der Waals surface area contributed by atoms with Crippen molar-refractivity contribution in [3.63, 3.8) is 0 Å². The predicted octanol–water partition coefficient (Wildman–Crippen LogP) is 3.77. The predicted molar refractivity (Wildman–Crippen MR) is 86.9 cm³/mol. The minimum Gasteiger partial charge on any atom is -0.385 e. The van der Waals surface area contributed by atoms with E-state index in [9.17, 15) is 4.79 Å². The SMILES string of the molecule is CCCNc1ccc(C(=O)Nc2ccc(C)cn2)cc1C. The summed E-state index contributed by atoms with van der Waals surface area (Å²) in [6.45, 7) is 7.02. The molecule has 21 heavy (non-hydrogen) atoms. The fourth-order valence-corrected chi connectivity index (χ4v) is 1.99. The molecule has 2 rings (SSSR count). The summed E-state index contributed by atoms with van der Waals surface area (Å²) in [6, 6.07) is 9.39. The van der Waals surface area contributed by atoms with E-state index in [-0.39, 0.29) is 5.91 Å². The molecule has 0 radical (unpaired) electrons. The first-order chi connectivity index (χ1) is 10.1. The summed E-state index contributed by atoms with van der Waals surface area (Å²) in [5.41, 5.74) is 3.84. The first kappa shape index (κ1) is 15.0. The van der Waals surface area contributed by atoms with E-state index in [1.165, 1.54) is 0 Å². The van der Waals surface area contributed by atoms with Gasteiger partial charge >= 0.3 is 0 Å². The maximum Gasteiger partial charge on any atom is 0.256 e. The number of hydrogen-bond donors (Lipinski definition) is 2. The molecule has 2 aromatic rings. The topological polar surface area (TPSA) is 54.0 Å². The van der Waals surface area contributed by atoms with Crippen molar-refractivity contribution in [1.82, 2.24) is 4.98 Å². The number of amides is 1. The van der Waals surface area contributed by atoms with Gasteiger partial charge in [0.2, 0.25) is 0 Å². The average molecular weight is 283 g/mol. The molecule has 110 valence electrons. The lowest BCUT2D eigenvalue weighted by atomic mass is 10.1. The van der Waals surface area contributed by atoms with Crippen molar-refractivity contribution in [2.45, 2.75) is 27.2 Å². The quantitative estimate of drug-likeness (QED) is 0.878. The van der Waals surface area contributed by atoms with Crippen LogP contribution in [0.1, 0.15) is 34.8 Å². The van der Waals surface area contributed by atoms with Gasteiger partial charge in [0.05, 0.1) is 0 Å². The van der Waals surface area contributed by atoms with Crippen LogP contribution in [0.25, 0.3) is 0 Å². The summed E-state index contributed by atoms with van der Waals surface area (Å²) in [5.74, 6) is 0.424. The Kier molecular flexibility index (Phi) is 4.93. The third kappa shape index (κ3) is 4.05. The number of rotatable bonds is 5. The van der Waals surface area contributed by atoms with E-state index in [4.69, 9.17) is 0 Å². The summed E-state index contributed by atoms with van der Waals surface area (Å²) in [5, 5.41) is 6.15. The first-order valence-corrected chi connectivity index (χ1v) is 7.18. The number of anilines is 2. The number of nitrogens with zero attached hydrogens (tertiary/aromatic N) is 1. The van der Waals surface area contributed by atoms with Crippen LogP contribution >= 0.6 is 0 Å². The molecule has 0 unspecified atom stereocenters. The Morgan fingerprint density at radius 3 is 2.62 bits per heavy atom. The number of pyridine rings is 1. The molecule has 2 N–H and O–H groups in total. The highest BCUT2D eigenvalue weighted by Gasteiger charge is 2.08. The lowest BCUT2D eigenvalue weighted by molar-refractivity contribution is 0.102. The molecular formula is C17H21N3O. The van der Waals surface area contributed by atoms with Gasteiger partial charge in [-0.15, -0.1) is 0 Å². The lowest BCUT2D eigenvalue weighted by Gasteiger charge is -2.10. The smallest absolute Gasteiger partial charge is 0.256 e. The molecule has 0 saturated carbocycles. The van der Waals surface area contributed by atoms with Gasteiger partial charge in [0.1, 0.15) is 5.82 Å². The van der Waals surface area contributed by atoms with Crippen molar-refractivity contribution < 1.29 is 4.79 Å². The molecule has 0 atom stereocenters. The molecule has 4 heteroatoms. The first-order valence-electron chi connectivity index (χ1n) is 7.18. The maximum absolute atomic E-state index is 12.2. The largest absolute Gasteiger partial charge is 0.385 e.